The highest BCUT2D eigenvalue weighted by Crippen LogP contribution is 2.24. The van der Waals surface area contributed by atoms with E-state index in [1.54, 1.807) is 0 Å². The third-order valence-electron chi connectivity index (χ3n) is 4.16. The topological polar surface area (TPSA) is 32.3 Å². The fourth-order valence-corrected chi connectivity index (χ4v) is 2.93. The number of halogens is 2. The van der Waals surface area contributed by atoms with Crippen LogP contribution in [0.5, 0.6) is 0 Å². The van der Waals surface area contributed by atoms with E-state index in [1.807, 2.05) is 6.92 Å². The highest BCUT2D eigenvalue weighted by Gasteiger charge is 2.24. The van der Waals surface area contributed by atoms with Gasteiger partial charge >= 0.3 is 0 Å². The number of benzene rings is 1. The van der Waals surface area contributed by atoms with Crippen LogP contribution in [-0.4, -0.2) is 17.2 Å². The number of hydrogen-bond donors (Lipinski definition) is 2. The minimum atomic E-state index is -0.908. The van der Waals surface area contributed by atoms with Gasteiger partial charge in [0, 0.05) is 12.1 Å². The van der Waals surface area contributed by atoms with Crippen molar-refractivity contribution in [2.24, 2.45) is 0 Å². The summed E-state index contributed by atoms with van der Waals surface area (Å²) in [7, 11) is 0. The van der Waals surface area contributed by atoms with Crippen LogP contribution in [0.1, 0.15) is 57.1 Å². The molecular weight excluding hydrogens is 260 g/mol. The Morgan fingerprint density at radius 3 is 2.50 bits per heavy atom. The molecule has 4 heteroatoms. The SMILES string of the molecule is CCC(NC1CCCCC1)C(O)c1ccc(F)c(F)c1. The van der Waals surface area contributed by atoms with Crippen molar-refractivity contribution in [1.82, 2.24) is 5.32 Å². The summed E-state index contributed by atoms with van der Waals surface area (Å²) in [4.78, 5) is 0. The van der Waals surface area contributed by atoms with Gasteiger partial charge in [0.1, 0.15) is 0 Å². The van der Waals surface area contributed by atoms with Crippen molar-refractivity contribution in [1.29, 1.82) is 0 Å². The molecule has 2 unspecified atom stereocenters. The van der Waals surface area contributed by atoms with Crippen molar-refractivity contribution in [3.8, 4) is 0 Å². The van der Waals surface area contributed by atoms with Gasteiger partial charge in [-0.1, -0.05) is 32.3 Å². The van der Waals surface area contributed by atoms with E-state index in [0.29, 0.717) is 11.6 Å². The second-order valence-corrected chi connectivity index (χ2v) is 5.63. The van der Waals surface area contributed by atoms with E-state index >= 15 is 0 Å². The van der Waals surface area contributed by atoms with Gasteiger partial charge in [-0.25, -0.2) is 8.78 Å². The van der Waals surface area contributed by atoms with Crippen molar-refractivity contribution in [2.75, 3.05) is 0 Å². The molecule has 2 rings (SSSR count). The van der Waals surface area contributed by atoms with Crippen LogP contribution < -0.4 is 5.32 Å². The minimum Gasteiger partial charge on any atom is -0.387 e. The van der Waals surface area contributed by atoms with Crippen LogP contribution in [0.25, 0.3) is 0 Å². The standard InChI is InChI=1S/C16H23F2NO/c1-2-15(19-12-6-4-3-5-7-12)16(20)11-8-9-13(17)14(18)10-11/h8-10,12,15-16,19-20H,2-7H2,1H3. The average molecular weight is 283 g/mol. The second-order valence-electron chi connectivity index (χ2n) is 5.63. The summed E-state index contributed by atoms with van der Waals surface area (Å²) < 4.78 is 26.2. The average Bonchev–Trinajstić information content (AvgIpc) is 2.48. The Morgan fingerprint density at radius 2 is 1.90 bits per heavy atom. The van der Waals surface area contributed by atoms with Crippen LogP contribution in [-0.2, 0) is 0 Å². The minimum absolute atomic E-state index is 0.122. The molecular formula is C16H23F2NO. The zero-order valence-electron chi connectivity index (χ0n) is 11.9. The summed E-state index contributed by atoms with van der Waals surface area (Å²) in [6, 6.07) is 3.91. The molecule has 0 saturated heterocycles. The molecule has 1 aromatic carbocycles. The van der Waals surface area contributed by atoms with Crippen LogP contribution in [0.3, 0.4) is 0 Å². The van der Waals surface area contributed by atoms with E-state index in [-0.39, 0.29) is 6.04 Å². The molecule has 0 radical (unpaired) electrons. The first-order valence-corrected chi connectivity index (χ1v) is 7.51. The first-order valence-electron chi connectivity index (χ1n) is 7.51. The van der Waals surface area contributed by atoms with E-state index in [0.717, 1.165) is 31.4 Å². The van der Waals surface area contributed by atoms with Crippen LogP contribution in [0.4, 0.5) is 8.78 Å². The maximum atomic E-state index is 13.3. The van der Waals surface area contributed by atoms with Gasteiger partial charge in [0.15, 0.2) is 11.6 Å². The molecule has 1 aliphatic rings. The third-order valence-corrected chi connectivity index (χ3v) is 4.16. The third kappa shape index (κ3) is 3.76. The zero-order chi connectivity index (χ0) is 14.5. The van der Waals surface area contributed by atoms with E-state index in [2.05, 4.69) is 5.32 Å². The fourth-order valence-electron chi connectivity index (χ4n) is 2.93. The van der Waals surface area contributed by atoms with Gasteiger partial charge in [0.2, 0.25) is 0 Å². The molecule has 0 bridgehead atoms. The van der Waals surface area contributed by atoms with Crippen LogP contribution in [0, 0.1) is 11.6 Å². The summed E-state index contributed by atoms with van der Waals surface area (Å²) in [5.74, 6) is -1.79. The quantitative estimate of drug-likeness (QED) is 0.863. The van der Waals surface area contributed by atoms with Gasteiger partial charge in [-0.15, -0.1) is 0 Å². The van der Waals surface area contributed by atoms with Crippen molar-refractivity contribution in [3.63, 3.8) is 0 Å². The summed E-state index contributed by atoms with van der Waals surface area (Å²) in [5.41, 5.74) is 0.430. The molecule has 1 saturated carbocycles. The zero-order valence-corrected chi connectivity index (χ0v) is 11.9. The predicted molar refractivity (Wildman–Crippen MR) is 75.4 cm³/mol. The highest BCUT2D eigenvalue weighted by molar-refractivity contribution is 5.21. The van der Waals surface area contributed by atoms with Crippen molar-refractivity contribution < 1.29 is 13.9 Å². The maximum absolute atomic E-state index is 13.3. The molecule has 2 atom stereocenters. The molecule has 0 aromatic heterocycles. The molecule has 1 aromatic rings. The number of aliphatic hydroxyl groups is 1. The Labute approximate surface area is 119 Å². The molecule has 1 fully saturated rings. The molecule has 0 spiro atoms. The largest absolute Gasteiger partial charge is 0.387 e. The lowest BCUT2D eigenvalue weighted by atomic mass is 9.92. The van der Waals surface area contributed by atoms with Crippen LogP contribution in [0.2, 0.25) is 0 Å². The van der Waals surface area contributed by atoms with Gasteiger partial charge < -0.3 is 10.4 Å². The summed E-state index contributed by atoms with van der Waals surface area (Å²) in [6.45, 7) is 1.99. The fraction of sp³-hybridized carbons (Fsp3) is 0.625. The van der Waals surface area contributed by atoms with Gasteiger partial charge in [0.25, 0.3) is 0 Å². The van der Waals surface area contributed by atoms with E-state index in [9.17, 15) is 13.9 Å². The van der Waals surface area contributed by atoms with E-state index in [1.165, 1.54) is 25.3 Å². The Kier molecular flexibility index (Phi) is 5.49. The monoisotopic (exact) mass is 283 g/mol. The molecule has 0 aliphatic heterocycles. The highest BCUT2D eigenvalue weighted by atomic mass is 19.2. The molecule has 0 amide bonds. The first-order chi connectivity index (χ1) is 9.61. The molecule has 2 nitrogen and oxygen atoms in total. The summed E-state index contributed by atoms with van der Waals surface area (Å²) in [6.07, 6.45) is 5.90. The summed E-state index contributed by atoms with van der Waals surface area (Å²) >= 11 is 0. The van der Waals surface area contributed by atoms with Gasteiger partial charge in [-0.05, 0) is 37.0 Å². The molecule has 112 valence electrons. The van der Waals surface area contributed by atoms with E-state index < -0.39 is 17.7 Å². The van der Waals surface area contributed by atoms with Gasteiger partial charge in [-0.2, -0.15) is 0 Å². The Bertz CT molecular complexity index is 432. The second kappa shape index (κ2) is 7.14. The molecule has 20 heavy (non-hydrogen) atoms. The van der Waals surface area contributed by atoms with Crippen molar-refractivity contribution >= 4 is 0 Å². The molecule has 1 aliphatic carbocycles. The van der Waals surface area contributed by atoms with Gasteiger partial charge in [0.05, 0.1) is 6.10 Å². The predicted octanol–water partition coefficient (Wildman–Crippen LogP) is 3.70. The van der Waals surface area contributed by atoms with Gasteiger partial charge in [-0.3, -0.25) is 0 Å². The lowest BCUT2D eigenvalue weighted by Gasteiger charge is -2.31. The first kappa shape index (κ1) is 15.4. The lowest BCUT2D eigenvalue weighted by Crippen LogP contribution is -2.42. The Balaban J connectivity index is 2.03. The number of aliphatic hydroxyl groups excluding tert-OH is 1. The summed E-state index contributed by atoms with van der Waals surface area (Å²) in [5, 5.41) is 13.8. The van der Waals surface area contributed by atoms with Crippen LogP contribution in [0.15, 0.2) is 18.2 Å². The van der Waals surface area contributed by atoms with Crippen molar-refractivity contribution in [3.05, 3.63) is 35.4 Å². The number of hydrogen-bond acceptors (Lipinski definition) is 2. The van der Waals surface area contributed by atoms with E-state index in [4.69, 9.17) is 0 Å². The normalized spacial score (nSPS) is 19.8. The Morgan fingerprint density at radius 1 is 1.20 bits per heavy atom. The van der Waals surface area contributed by atoms with Crippen LogP contribution >= 0.6 is 0 Å². The lowest BCUT2D eigenvalue weighted by molar-refractivity contribution is 0.114. The van der Waals surface area contributed by atoms with Crippen molar-refractivity contribution in [2.45, 2.75) is 63.6 Å². The molecule has 0 heterocycles. The number of rotatable bonds is 5. The number of nitrogens with one attached hydrogen (secondary N) is 1. The molecule has 2 N–H and O–H groups in total. The maximum Gasteiger partial charge on any atom is 0.159 e. The Hall–Kier alpha value is -1.00. The smallest absolute Gasteiger partial charge is 0.159 e.